The highest BCUT2D eigenvalue weighted by Crippen LogP contribution is 2.38. The maximum atomic E-state index is 13.4. The van der Waals surface area contributed by atoms with Crippen LogP contribution in [0.3, 0.4) is 0 Å². The first-order chi connectivity index (χ1) is 9.35. The van der Waals surface area contributed by atoms with Gasteiger partial charge in [-0.05, 0) is 64.0 Å². The van der Waals surface area contributed by atoms with E-state index in [1.807, 2.05) is 13.0 Å². The summed E-state index contributed by atoms with van der Waals surface area (Å²) in [6, 6.07) is 4.75. The third-order valence-corrected chi connectivity index (χ3v) is 4.66. The molecule has 0 aliphatic heterocycles. The van der Waals surface area contributed by atoms with Gasteiger partial charge in [0.2, 0.25) is 0 Å². The van der Waals surface area contributed by atoms with E-state index in [2.05, 4.69) is 30.9 Å². The van der Waals surface area contributed by atoms with Crippen molar-refractivity contribution in [1.82, 2.24) is 4.90 Å². The number of nitrogens with two attached hydrogens (primary N) is 1. The van der Waals surface area contributed by atoms with Crippen LogP contribution in [0.1, 0.15) is 37.8 Å². The molecular formula is C16H26FN3. The molecule has 4 heteroatoms. The van der Waals surface area contributed by atoms with Gasteiger partial charge in [0, 0.05) is 30.9 Å². The minimum Gasteiger partial charge on any atom is -0.372 e. The third kappa shape index (κ3) is 2.81. The maximum Gasteiger partial charge on any atom is 0.123 e. The summed E-state index contributed by atoms with van der Waals surface area (Å²) in [6.07, 6.45) is 3.73. The smallest absolute Gasteiger partial charge is 0.123 e. The van der Waals surface area contributed by atoms with E-state index in [1.54, 1.807) is 6.07 Å². The summed E-state index contributed by atoms with van der Waals surface area (Å²) in [5.41, 5.74) is 8.15. The Morgan fingerprint density at radius 1 is 1.30 bits per heavy atom. The lowest BCUT2D eigenvalue weighted by Crippen LogP contribution is -2.56. The summed E-state index contributed by atoms with van der Waals surface area (Å²) in [5, 5.41) is 0. The second kappa shape index (κ2) is 5.70. The van der Waals surface area contributed by atoms with E-state index in [0.29, 0.717) is 0 Å². The molecule has 0 bridgehead atoms. The van der Waals surface area contributed by atoms with Gasteiger partial charge < -0.3 is 15.5 Å². The summed E-state index contributed by atoms with van der Waals surface area (Å²) >= 11 is 0. The maximum absolute atomic E-state index is 13.4. The summed E-state index contributed by atoms with van der Waals surface area (Å²) in [5.74, 6) is -0.222. The van der Waals surface area contributed by atoms with Gasteiger partial charge in [-0.15, -0.1) is 0 Å². The van der Waals surface area contributed by atoms with E-state index >= 15 is 0 Å². The van der Waals surface area contributed by atoms with Crippen LogP contribution in [-0.2, 0) is 0 Å². The molecule has 3 nitrogen and oxygen atoms in total. The normalized spacial score (nSPS) is 18.8. The highest BCUT2D eigenvalue weighted by Gasteiger charge is 2.40. The molecule has 1 aliphatic rings. The van der Waals surface area contributed by atoms with Gasteiger partial charge in [0.1, 0.15) is 5.82 Å². The molecule has 0 heterocycles. The molecule has 1 aromatic rings. The standard InChI is InChI=1S/C16H26FN3/c1-12(18)14-10-13(17)6-7-15(14)20(4)11-16(19(2)3)8-5-9-16/h6-7,10,12H,5,8-9,11,18H2,1-4H3/t12-/m0/s1. The lowest BCUT2D eigenvalue weighted by atomic mass is 9.75. The summed E-state index contributed by atoms with van der Waals surface area (Å²) < 4.78 is 13.4. The Morgan fingerprint density at radius 2 is 1.95 bits per heavy atom. The van der Waals surface area contributed by atoms with Gasteiger partial charge in [0.25, 0.3) is 0 Å². The monoisotopic (exact) mass is 279 g/mol. The van der Waals surface area contributed by atoms with Gasteiger partial charge in [0.05, 0.1) is 0 Å². The van der Waals surface area contributed by atoms with E-state index in [9.17, 15) is 4.39 Å². The molecule has 0 radical (unpaired) electrons. The SMILES string of the molecule is C[C@H](N)c1cc(F)ccc1N(C)CC1(N(C)C)CCC1. The first-order valence-electron chi connectivity index (χ1n) is 7.29. The molecule has 0 aromatic heterocycles. The quantitative estimate of drug-likeness (QED) is 0.899. The van der Waals surface area contributed by atoms with Crippen molar-refractivity contribution in [3.05, 3.63) is 29.6 Å². The van der Waals surface area contributed by atoms with Gasteiger partial charge in [-0.2, -0.15) is 0 Å². The predicted molar refractivity (Wildman–Crippen MR) is 82.5 cm³/mol. The van der Waals surface area contributed by atoms with E-state index in [-0.39, 0.29) is 17.4 Å². The molecule has 1 fully saturated rings. The Hall–Kier alpha value is -1.13. The number of rotatable bonds is 5. The fourth-order valence-electron chi connectivity index (χ4n) is 3.10. The number of nitrogens with zero attached hydrogens (tertiary/aromatic N) is 2. The number of halogens is 1. The Morgan fingerprint density at radius 3 is 2.40 bits per heavy atom. The number of hydrogen-bond acceptors (Lipinski definition) is 3. The van der Waals surface area contributed by atoms with Crippen LogP contribution in [0.5, 0.6) is 0 Å². The van der Waals surface area contributed by atoms with E-state index in [4.69, 9.17) is 5.73 Å². The lowest BCUT2D eigenvalue weighted by molar-refractivity contribution is 0.0683. The van der Waals surface area contributed by atoms with Crippen molar-refractivity contribution in [2.75, 3.05) is 32.6 Å². The van der Waals surface area contributed by atoms with Crippen molar-refractivity contribution in [2.24, 2.45) is 5.73 Å². The zero-order chi connectivity index (χ0) is 14.9. The zero-order valence-electron chi connectivity index (χ0n) is 13.0. The van der Waals surface area contributed by atoms with Crippen LogP contribution in [0.4, 0.5) is 10.1 Å². The molecule has 0 amide bonds. The van der Waals surface area contributed by atoms with Crippen LogP contribution >= 0.6 is 0 Å². The van der Waals surface area contributed by atoms with Crippen molar-refractivity contribution in [2.45, 2.75) is 37.8 Å². The van der Waals surface area contributed by atoms with Crippen LogP contribution < -0.4 is 10.6 Å². The minimum absolute atomic E-state index is 0.167. The molecule has 1 saturated carbocycles. The van der Waals surface area contributed by atoms with Gasteiger partial charge in [0.15, 0.2) is 0 Å². The Labute approximate surface area is 121 Å². The highest BCUT2D eigenvalue weighted by atomic mass is 19.1. The fraction of sp³-hybridized carbons (Fsp3) is 0.625. The second-order valence-electron chi connectivity index (χ2n) is 6.32. The third-order valence-electron chi connectivity index (χ3n) is 4.66. The molecule has 20 heavy (non-hydrogen) atoms. The van der Waals surface area contributed by atoms with Crippen molar-refractivity contribution in [3.8, 4) is 0 Å². The fourth-order valence-corrected chi connectivity index (χ4v) is 3.10. The van der Waals surface area contributed by atoms with Crippen LogP contribution in [0.15, 0.2) is 18.2 Å². The average Bonchev–Trinajstić information content (AvgIpc) is 2.32. The number of anilines is 1. The van der Waals surface area contributed by atoms with Gasteiger partial charge >= 0.3 is 0 Å². The van der Waals surface area contributed by atoms with Gasteiger partial charge in [-0.1, -0.05) is 0 Å². The van der Waals surface area contributed by atoms with Crippen LogP contribution in [-0.4, -0.2) is 38.1 Å². The molecule has 112 valence electrons. The summed E-state index contributed by atoms with van der Waals surface area (Å²) in [6.45, 7) is 2.85. The summed E-state index contributed by atoms with van der Waals surface area (Å²) in [7, 11) is 6.36. The van der Waals surface area contributed by atoms with Crippen LogP contribution in [0, 0.1) is 5.82 Å². The number of benzene rings is 1. The van der Waals surface area contributed by atoms with Crippen molar-refractivity contribution in [1.29, 1.82) is 0 Å². The Kier molecular flexibility index (Phi) is 4.35. The van der Waals surface area contributed by atoms with E-state index in [1.165, 1.54) is 25.3 Å². The topological polar surface area (TPSA) is 32.5 Å². The molecule has 2 rings (SSSR count). The minimum atomic E-state index is -0.222. The Balaban J connectivity index is 2.23. The second-order valence-corrected chi connectivity index (χ2v) is 6.32. The van der Waals surface area contributed by atoms with Crippen molar-refractivity contribution >= 4 is 5.69 Å². The van der Waals surface area contributed by atoms with E-state index in [0.717, 1.165) is 17.8 Å². The predicted octanol–water partition coefficient (Wildman–Crippen LogP) is 2.77. The molecule has 1 aliphatic carbocycles. The molecule has 1 aromatic carbocycles. The molecule has 0 spiro atoms. The lowest BCUT2D eigenvalue weighted by Gasteiger charge is -2.49. The van der Waals surface area contributed by atoms with Crippen LogP contribution in [0.2, 0.25) is 0 Å². The molecule has 1 atom stereocenters. The molecule has 0 unspecified atom stereocenters. The first kappa shape index (κ1) is 15.3. The summed E-state index contributed by atoms with van der Waals surface area (Å²) in [4.78, 5) is 4.54. The Bertz CT molecular complexity index is 467. The van der Waals surface area contributed by atoms with E-state index < -0.39 is 0 Å². The molecule has 2 N–H and O–H groups in total. The number of likely N-dealkylation sites (N-methyl/N-ethyl adjacent to an activating group) is 2. The van der Waals surface area contributed by atoms with Crippen LogP contribution in [0.25, 0.3) is 0 Å². The van der Waals surface area contributed by atoms with Crippen molar-refractivity contribution < 1.29 is 4.39 Å². The molecular weight excluding hydrogens is 253 g/mol. The largest absolute Gasteiger partial charge is 0.372 e. The molecule has 0 saturated heterocycles. The number of hydrogen-bond donors (Lipinski definition) is 1. The zero-order valence-corrected chi connectivity index (χ0v) is 13.0. The average molecular weight is 279 g/mol. The van der Waals surface area contributed by atoms with Gasteiger partial charge in [-0.3, -0.25) is 0 Å². The highest BCUT2D eigenvalue weighted by molar-refractivity contribution is 5.55. The first-order valence-corrected chi connectivity index (χ1v) is 7.29. The van der Waals surface area contributed by atoms with Crippen molar-refractivity contribution in [3.63, 3.8) is 0 Å². The van der Waals surface area contributed by atoms with Gasteiger partial charge in [-0.25, -0.2) is 4.39 Å².